The fourth-order valence-electron chi connectivity index (χ4n) is 2.74. The first-order valence-corrected chi connectivity index (χ1v) is 9.86. The summed E-state index contributed by atoms with van der Waals surface area (Å²) in [5.74, 6) is -0.571. The van der Waals surface area contributed by atoms with Gasteiger partial charge in [0.1, 0.15) is 16.6 Å². The zero-order valence-corrected chi connectivity index (χ0v) is 16.4. The molecule has 0 bridgehead atoms. The highest BCUT2D eigenvalue weighted by Crippen LogP contribution is 2.35. The lowest BCUT2D eigenvalue weighted by atomic mass is 10.1. The molecule has 8 nitrogen and oxygen atoms in total. The molecule has 1 aromatic heterocycles. The van der Waals surface area contributed by atoms with Crippen molar-refractivity contribution in [2.24, 2.45) is 0 Å². The number of benzene rings is 1. The molecule has 1 saturated heterocycles. The van der Waals surface area contributed by atoms with Gasteiger partial charge in [0.15, 0.2) is 5.16 Å². The van der Waals surface area contributed by atoms with E-state index in [1.165, 1.54) is 18.0 Å². The second-order valence-corrected chi connectivity index (χ2v) is 7.09. The van der Waals surface area contributed by atoms with Gasteiger partial charge in [0, 0.05) is 19.3 Å². The fourth-order valence-corrected chi connectivity index (χ4v) is 3.76. The Morgan fingerprint density at radius 2 is 2.00 bits per heavy atom. The van der Waals surface area contributed by atoms with E-state index in [1.54, 1.807) is 11.8 Å². The molecular weight excluding hydrogens is 380 g/mol. The highest BCUT2D eigenvalue weighted by Gasteiger charge is 2.29. The molecule has 28 heavy (non-hydrogen) atoms. The average Bonchev–Trinajstić information content (AvgIpc) is 2.73. The lowest BCUT2D eigenvalue weighted by Crippen LogP contribution is -2.42. The number of anilines is 1. The molecule has 2 heterocycles. The smallest absolute Gasteiger partial charge is 0.343 e. The number of rotatable bonds is 6. The zero-order valence-electron chi connectivity index (χ0n) is 15.5. The van der Waals surface area contributed by atoms with Gasteiger partial charge in [-0.25, -0.2) is 14.8 Å². The van der Waals surface area contributed by atoms with E-state index in [2.05, 4.69) is 9.97 Å². The predicted octanol–water partition coefficient (Wildman–Crippen LogP) is 1.93. The number of esters is 1. The van der Waals surface area contributed by atoms with Gasteiger partial charge in [-0.2, -0.15) is 0 Å². The van der Waals surface area contributed by atoms with Crippen molar-refractivity contribution >= 4 is 29.5 Å². The molecule has 0 aliphatic carbocycles. The minimum atomic E-state index is -0.569. The molecule has 1 amide bonds. The summed E-state index contributed by atoms with van der Waals surface area (Å²) in [5, 5.41) is -0.201. The number of hydrogen-bond donors (Lipinski definition) is 1. The molecule has 9 heteroatoms. The molecular formula is C19H22N4O4S. The number of morpholine rings is 1. The maximum atomic E-state index is 13.1. The van der Waals surface area contributed by atoms with Gasteiger partial charge in [-0.05, 0) is 12.5 Å². The van der Waals surface area contributed by atoms with E-state index in [4.69, 9.17) is 15.2 Å². The van der Waals surface area contributed by atoms with E-state index in [0.717, 1.165) is 5.56 Å². The monoisotopic (exact) mass is 402 g/mol. The molecule has 1 atom stereocenters. The number of nitrogens with two attached hydrogens (primary N) is 1. The van der Waals surface area contributed by atoms with Crippen molar-refractivity contribution in [1.29, 1.82) is 0 Å². The van der Waals surface area contributed by atoms with Crippen LogP contribution in [0.15, 0.2) is 41.7 Å². The van der Waals surface area contributed by atoms with E-state index >= 15 is 0 Å². The molecule has 3 rings (SSSR count). The van der Waals surface area contributed by atoms with E-state index < -0.39 is 11.2 Å². The average molecular weight is 402 g/mol. The quantitative estimate of drug-likeness (QED) is 0.444. The second-order valence-electron chi connectivity index (χ2n) is 6.02. The van der Waals surface area contributed by atoms with Gasteiger partial charge >= 0.3 is 5.97 Å². The molecule has 1 fully saturated rings. The van der Waals surface area contributed by atoms with Crippen LogP contribution in [0.25, 0.3) is 0 Å². The Balaban J connectivity index is 1.84. The van der Waals surface area contributed by atoms with Crippen LogP contribution in [0.1, 0.15) is 28.1 Å². The standard InChI is InChI=1S/C19H22N4O4S/c1-2-27-18(25)14-12-21-19(22-16(14)20)28-15(13-6-4-3-5-7-13)17(24)23-8-10-26-11-9-23/h3-7,12,15H,2,8-11H2,1H3,(H2,20,21,22)/t15-/m0/s1. The van der Waals surface area contributed by atoms with Gasteiger partial charge in [-0.1, -0.05) is 42.1 Å². The number of ether oxygens (including phenoxy) is 2. The molecule has 2 N–H and O–H groups in total. The van der Waals surface area contributed by atoms with Gasteiger partial charge in [-0.15, -0.1) is 0 Å². The first-order valence-electron chi connectivity index (χ1n) is 8.98. The third kappa shape index (κ3) is 4.79. The number of thioether (sulfide) groups is 1. The summed E-state index contributed by atoms with van der Waals surface area (Å²) in [6, 6.07) is 9.45. The Kier molecular flexibility index (Phi) is 6.83. The van der Waals surface area contributed by atoms with Crippen molar-refractivity contribution < 1.29 is 19.1 Å². The predicted molar refractivity (Wildman–Crippen MR) is 105 cm³/mol. The van der Waals surface area contributed by atoms with E-state index in [-0.39, 0.29) is 23.9 Å². The first-order chi connectivity index (χ1) is 13.6. The van der Waals surface area contributed by atoms with Crippen molar-refractivity contribution in [1.82, 2.24) is 14.9 Å². The summed E-state index contributed by atoms with van der Waals surface area (Å²) in [4.78, 5) is 35.2. The van der Waals surface area contributed by atoms with Crippen molar-refractivity contribution in [2.45, 2.75) is 17.3 Å². The van der Waals surface area contributed by atoms with Crippen LogP contribution in [0.5, 0.6) is 0 Å². The van der Waals surface area contributed by atoms with Crippen LogP contribution in [0.4, 0.5) is 5.82 Å². The van der Waals surface area contributed by atoms with Crippen molar-refractivity contribution in [3.05, 3.63) is 47.7 Å². The molecule has 0 saturated carbocycles. The van der Waals surface area contributed by atoms with Crippen LogP contribution in [0, 0.1) is 0 Å². The fraction of sp³-hybridized carbons (Fsp3) is 0.368. The molecule has 1 aromatic carbocycles. The summed E-state index contributed by atoms with van der Waals surface area (Å²) in [5.41, 5.74) is 6.87. The van der Waals surface area contributed by atoms with Gasteiger partial charge in [-0.3, -0.25) is 4.79 Å². The van der Waals surface area contributed by atoms with Crippen LogP contribution in [0.2, 0.25) is 0 Å². The van der Waals surface area contributed by atoms with Crippen LogP contribution in [-0.4, -0.2) is 59.7 Å². The lowest BCUT2D eigenvalue weighted by molar-refractivity contribution is -0.134. The van der Waals surface area contributed by atoms with Crippen LogP contribution >= 0.6 is 11.8 Å². The molecule has 148 valence electrons. The van der Waals surface area contributed by atoms with Crippen LogP contribution in [-0.2, 0) is 14.3 Å². The van der Waals surface area contributed by atoms with Crippen molar-refractivity contribution in [3.8, 4) is 0 Å². The summed E-state index contributed by atoms with van der Waals surface area (Å²) >= 11 is 1.21. The summed E-state index contributed by atoms with van der Waals surface area (Å²) in [6.07, 6.45) is 1.34. The second kappa shape index (κ2) is 9.52. The Labute approximate surface area is 167 Å². The normalized spacial score (nSPS) is 15.1. The molecule has 0 radical (unpaired) electrons. The number of aromatic nitrogens is 2. The number of amides is 1. The number of nitrogens with zero attached hydrogens (tertiary/aromatic N) is 3. The van der Waals surface area contributed by atoms with E-state index in [1.807, 2.05) is 30.3 Å². The van der Waals surface area contributed by atoms with Gasteiger partial charge < -0.3 is 20.1 Å². The summed E-state index contributed by atoms with van der Waals surface area (Å²) in [7, 11) is 0. The minimum Gasteiger partial charge on any atom is -0.462 e. The van der Waals surface area contributed by atoms with Crippen molar-refractivity contribution in [3.63, 3.8) is 0 Å². The Hall–Kier alpha value is -2.65. The van der Waals surface area contributed by atoms with Crippen LogP contribution in [0.3, 0.4) is 0 Å². The lowest BCUT2D eigenvalue weighted by Gasteiger charge is -2.30. The van der Waals surface area contributed by atoms with Crippen LogP contribution < -0.4 is 5.73 Å². The molecule has 1 aliphatic rings. The third-order valence-electron chi connectivity index (χ3n) is 4.16. The van der Waals surface area contributed by atoms with E-state index in [9.17, 15) is 9.59 Å². The Bertz CT molecular complexity index is 828. The van der Waals surface area contributed by atoms with Gasteiger partial charge in [0.25, 0.3) is 0 Å². The zero-order chi connectivity index (χ0) is 19.9. The number of nitrogen functional groups attached to an aromatic ring is 1. The highest BCUT2D eigenvalue weighted by molar-refractivity contribution is 8.00. The largest absolute Gasteiger partial charge is 0.462 e. The topological polar surface area (TPSA) is 108 Å². The first kappa shape index (κ1) is 20.1. The van der Waals surface area contributed by atoms with Gasteiger partial charge in [0.2, 0.25) is 5.91 Å². The van der Waals surface area contributed by atoms with Crippen molar-refractivity contribution in [2.75, 3.05) is 38.6 Å². The maximum absolute atomic E-state index is 13.1. The third-order valence-corrected chi connectivity index (χ3v) is 5.28. The molecule has 2 aromatic rings. The SMILES string of the molecule is CCOC(=O)c1cnc(S[C@H](C(=O)N2CCOCC2)c2ccccc2)nc1N. The summed E-state index contributed by atoms with van der Waals surface area (Å²) < 4.78 is 10.3. The molecule has 1 aliphatic heterocycles. The van der Waals surface area contributed by atoms with E-state index in [0.29, 0.717) is 31.5 Å². The number of carbonyl (C=O) groups is 2. The Morgan fingerprint density at radius 1 is 1.29 bits per heavy atom. The molecule has 0 spiro atoms. The van der Waals surface area contributed by atoms with Gasteiger partial charge in [0.05, 0.1) is 19.8 Å². The number of carbonyl (C=O) groups excluding carboxylic acids is 2. The summed E-state index contributed by atoms with van der Waals surface area (Å²) in [6.45, 7) is 4.09. The maximum Gasteiger partial charge on any atom is 0.343 e. The number of hydrogen-bond acceptors (Lipinski definition) is 8. The minimum absolute atomic E-state index is 0.0292. The highest BCUT2D eigenvalue weighted by atomic mass is 32.2. The Morgan fingerprint density at radius 3 is 2.64 bits per heavy atom. The molecule has 0 unspecified atom stereocenters.